The first kappa shape index (κ1) is 29.8. The van der Waals surface area contributed by atoms with Crippen LogP contribution in [0.25, 0.3) is 0 Å². The molecule has 0 rings (SSSR count). The normalized spacial score (nSPS) is 9.22. The molecule has 23 heavy (non-hydrogen) atoms. The minimum atomic E-state index is 0. The molecule has 0 aromatic rings. The Morgan fingerprint density at radius 1 is 0.696 bits per heavy atom. The van der Waals surface area contributed by atoms with Gasteiger partial charge in [0.15, 0.2) is 0 Å². The summed E-state index contributed by atoms with van der Waals surface area (Å²) in [5, 5.41) is 0. The maximum atomic E-state index is 2.97. The number of hydrogen-bond acceptors (Lipinski definition) is 2. The first-order valence-corrected chi connectivity index (χ1v) is 11.6. The molecular formula is C16H32N2Se4Zn. The van der Waals surface area contributed by atoms with Crippen LogP contribution in [0.3, 0.4) is 0 Å². The molecule has 0 aliphatic rings. The van der Waals surface area contributed by atoms with E-state index in [4.69, 9.17) is 0 Å². The van der Waals surface area contributed by atoms with Crippen LogP contribution < -0.4 is 0 Å². The Balaban J connectivity index is -0.000000333. The van der Waals surface area contributed by atoms with Gasteiger partial charge in [-0.15, -0.1) is 0 Å². The number of nitrogens with zero attached hydrogens (tertiary/aromatic N) is 2. The van der Waals surface area contributed by atoms with Gasteiger partial charge in [0.25, 0.3) is 0 Å². The SMILES string of the molecule is CCCCCCN(C)C(=[Se])[Se-].CCCCCCN(C)C(=[Se])[Se-].[Zn+2]. The Hall–Kier alpha value is 2.04. The fraction of sp³-hybridized carbons (Fsp3) is 0.875. The fourth-order valence-corrected chi connectivity index (χ4v) is 2.50. The van der Waals surface area contributed by atoms with Crippen LogP contribution in [-0.4, -0.2) is 107 Å². The smallest absolute Gasteiger partial charge is 2.00 e. The predicted octanol–water partition coefficient (Wildman–Crippen LogP) is 1.84. The van der Waals surface area contributed by atoms with Gasteiger partial charge in [-0.05, 0) is 0 Å². The molecule has 0 spiro atoms. The van der Waals surface area contributed by atoms with Gasteiger partial charge >= 0.3 is 192 Å². The third kappa shape index (κ3) is 24.0. The zero-order chi connectivity index (χ0) is 17.4. The molecule has 0 aliphatic carbocycles. The van der Waals surface area contributed by atoms with Crippen LogP contribution in [0.5, 0.6) is 0 Å². The molecule has 0 aromatic carbocycles. The van der Waals surface area contributed by atoms with Crippen molar-refractivity contribution in [3.8, 4) is 0 Å². The Morgan fingerprint density at radius 2 is 1.00 bits per heavy atom. The van der Waals surface area contributed by atoms with Gasteiger partial charge < -0.3 is 0 Å². The maximum Gasteiger partial charge on any atom is 2.00 e. The average Bonchev–Trinajstić information content (AvgIpc) is 2.48. The van der Waals surface area contributed by atoms with Gasteiger partial charge in [0.1, 0.15) is 0 Å². The molecule has 0 saturated heterocycles. The summed E-state index contributed by atoms with van der Waals surface area (Å²) in [6, 6.07) is 0. The Morgan fingerprint density at radius 3 is 1.22 bits per heavy atom. The molecule has 0 saturated carbocycles. The van der Waals surface area contributed by atoms with E-state index < -0.39 is 0 Å². The molecule has 0 radical (unpaired) electrons. The van der Waals surface area contributed by atoms with Crippen molar-refractivity contribution in [1.82, 2.24) is 9.80 Å². The van der Waals surface area contributed by atoms with E-state index in [1.165, 1.54) is 58.2 Å². The van der Waals surface area contributed by atoms with Crippen molar-refractivity contribution < 1.29 is 19.5 Å². The van der Waals surface area contributed by atoms with Crippen LogP contribution in [0.4, 0.5) is 0 Å². The predicted molar refractivity (Wildman–Crippen MR) is 107 cm³/mol. The average molecular weight is 634 g/mol. The summed E-state index contributed by atoms with van der Waals surface area (Å²) in [6.07, 6.45) is 10.7. The van der Waals surface area contributed by atoms with Crippen LogP contribution in [0.1, 0.15) is 65.2 Å². The Kier molecular flexibility index (Phi) is 28.6. The topological polar surface area (TPSA) is 6.48 Å². The first-order chi connectivity index (χ1) is 10.4. The van der Waals surface area contributed by atoms with Crippen molar-refractivity contribution in [3.63, 3.8) is 0 Å². The standard InChI is InChI=1S/2C8H17NSe2.Zn/c2*1-3-4-5-6-7-9(2)8(10)11;/h2*3-7H2,1-2H3,(H,10,11);/q;;+2/p-2. The first-order valence-electron chi connectivity index (χ1n) is 8.20. The van der Waals surface area contributed by atoms with Crippen molar-refractivity contribution >= 4 is 70.1 Å². The van der Waals surface area contributed by atoms with Crippen LogP contribution in [0.2, 0.25) is 0 Å². The van der Waals surface area contributed by atoms with E-state index in [9.17, 15) is 0 Å². The van der Waals surface area contributed by atoms with E-state index in [1.807, 2.05) is 0 Å². The summed E-state index contributed by atoms with van der Waals surface area (Å²) in [5.74, 6) is 0. The van der Waals surface area contributed by atoms with Crippen molar-refractivity contribution in [2.45, 2.75) is 65.2 Å². The van der Waals surface area contributed by atoms with Crippen molar-refractivity contribution in [2.24, 2.45) is 0 Å². The van der Waals surface area contributed by atoms with E-state index in [2.05, 4.69) is 101 Å². The van der Waals surface area contributed by atoms with E-state index in [-0.39, 0.29) is 19.5 Å². The maximum absolute atomic E-state index is 2.97. The molecule has 0 aromatic heterocycles. The molecule has 0 fully saturated rings. The third-order valence-electron chi connectivity index (χ3n) is 3.32. The minimum absolute atomic E-state index is 0. The number of hydrogen-bond donors (Lipinski definition) is 0. The van der Waals surface area contributed by atoms with Gasteiger partial charge in [0.2, 0.25) is 0 Å². The van der Waals surface area contributed by atoms with E-state index in [0.717, 1.165) is 13.1 Å². The molecular weight excluding hydrogens is 601 g/mol. The number of rotatable bonds is 12. The summed E-state index contributed by atoms with van der Waals surface area (Å²) in [7, 11) is 4.21. The van der Waals surface area contributed by atoms with E-state index in [1.54, 1.807) is 0 Å². The molecule has 0 bridgehead atoms. The molecule has 0 unspecified atom stereocenters. The molecule has 0 heterocycles. The monoisotopic (exact) mass is 636 g/mol. The fourth-order valence-electron chi connectivity index (χ4n) is 1.73. The molecule has 0 atom stereocenters. The Labute approximate surface area is 190 Å². The van der Waals surface area contributed by atoms with Gasteiger partial charge in [-0.25, -0.2) is 0 Å². The van der Waals surface area contributed by atoms with E-state index in [0.29, 0.717) is 0 Å². The summed E-state index contributed by atoms with van der Waals surface area (Å²) in [5.41, 5.74) is 0. The van der Waals surface area contributed by atoms with Gasteiger partial charge in [0, 0.05) is 0 Å². The molecule has 0 N–H and O–H groups in total. The third-order valence-corrected chi connectivity index (χ3v) is 5.93. The van der Waals surface area contributed by atoms with Crippen molar-refractivity contribution in [1.29, 1.82) is 0 Å². The van der Waals surface area contributed by atoms with Gasteiger partial charge in [-0.2, -0.15) is 0 Å². The van der Waals surface area contributed by atoms with Crippen molar-refractivity contribution in [3.05, 3.63) is 0 Å². The molecule has 2 nitrogen and oxygen atoms in total. The Bertz CT molecular complexity index is 263. The zero-order valence-electron chi connectivity index (χ0n) is 15.3. The molecule has 7 heteroatoms. The van der Waals surface area contributed by atoms with Gasteiger partial charge in [-0.1, -0.05) is 0 Å². The summed E-state index contributed by atoms with van der Waals surface area (Å²) in [4.78, 5) is 4.44. The number of unbranched alkanes of at least 4 members (excludes halogenated alkanes) is 6. The molecule has 132 valence electrons. The molecule has 0 amide bonds. The van der Waals surface area contributed by atoms with Crippen molar-refractivity contribution in [2.75, 3.05) is 27.2 Å². The quantitative estimate of drug-likeness (QED) is 0.239. The molecule has 0 aliphatic heterocycles. The summed E-state index contributed by atoms with van der Waals surface area (Å²) >= 11 is 11.9. The van der Waals surface area contributed by atoms with Gasteiger partial charge in [0.05, 0.1) is 0 Å². The van der Waals surface area contributed by atoms with Crippen LogP contribution in [0.15, 0.2) is 0 Å². The second-order valence-electron chi connectivity index (χ2n) is 5.50. The summed E-state index contributed by atoms with van der Waals surface area (Å²) < 4.78 is 2.34. The van der Waals surface area contributed by atoms with Crippen LogP contribution >= 0.6 is 0 Å². The second-order valence-corrected chi connectivity index (χ2v) is 11.4. The van der Waals surface area contributed by atoms with Crippen LogP contribution in [0, 0.1) is 0 Å². The summed E-state index contributed by atoms with van der Waals surface area (Å²) in [6.45, 7) is 6.80. The zero-order valence-corrected chi connectivity index (χ0v) is 25.1. The van der Waals surface area contributed by atoms with Gasteiger partial charge in [-0.3, -0.25) is 0 Å². The largest absolute Gasteiger partial charge is 2.00 e. The minimum Gasteiger partial charge on any atom is 2.00 e. The van der Waals surface area contributed by atoms with Crippen LogP contribution in [-0.2, 0) is 19.5 Å². The van der Waals surface area contributed by atoms with E-state index >= 15 is 0 Å². The second kappa shape index (κ2) is 22.1.